The van der Waals surface area contributed by atoms with E-state index < -0.39 is 11.7 Å². The Morgan fingerprint density at radius 1 is 0.923 bits per heavy atom. The maximum atomic E-state index is 13.2. The van der Waals surface area contributed by atoms with Crippen LogP contribution in [-0.4, -0.2) is 66.7 Å². The lowest BCUT2D eigenvalue weighted by Crippen LogP contribution is -2.47. The van der Waals surface area contributed by atoms with E-state index in [1.54, 1.807) is 6.07 Å². The van der Waals surface area contributed by atoms with Crippen molar-refractivity contribution in [3.05, 3.63) is 59.2 Å². The molecule has 214 valence electrons. The molecule has 2 saturated heterocycles. The molecule has 0 spiro atoms. The molecule has 2 aliphatic rings. The van der Waals surface area contributed by atoms with E-state index >= 15 is 0 Å². The van der Waals surface area contributed by atoms with Crippen molar-refractivity contribution in [2.45, 2.75) is 71.1 Å². The number of hydrogen-bond donors (Lipinski definition) is 0. The van der Waals surface area contributed by atoms with Crippen LogP contribution < -0.4 is 9.64 Å². The number of benzene rings is 2. The molecule has 0 radical (unpaired) electrons. The highest BCUT2D eigenvalue weighted by molar-refractivity contribution is 7.80. The van der Waals surface area contributed by atoms with Gasteiger partial charge in [0, 0.05) is 57.8 Å². The molecule has 39 heavy (non-hydrogen) atoms. The van der Waals surface area contributed by atoms with E-state index in [1.807, 2.05) is 0 Å². The molecule has 4 rings (SSSR count). The molecule has 0 atom stereocenters. The van der Waals surface area contributed by atoms with Crippen molar-refractivity contribution >= 4 is 22.9 Å². The van der Waals surface area contributed by atoms with Gasteiger partial charge in [-0.15, -0.1) is 0 Å². The van der Waals surface area contributed by atoms with Gasteiger partial charge in [0.2, 0.25) is 0 Å². The fourth-order valence-electron chi connectivity index (χ4n) is 5.41. The molecular formula is C31H42F3N3OS. The van der Waals surface area contributed by atoms with Crippen LogP contribution in [0.4, 0.5) is 18.9 Å². The van der Waals surface area contributed by atoms with Gasteiger partial charge >= 0.3 is 6.18 Å². The number of piperidine rings is 1. The van der Waals surface area contributed by atoms with Crippen LogP contribution in [0, 0.1) is 6.92 Å². The second-order valence-electron chi connectivity index (χ2n) is 11.9. The first kappa shape index (κ1) is 29.7. The molecule has 2 fully saturated rings. The average Bonchev–Trinajstić information content (AvgIpc) is 2.89. The topological polar surface area (TPSA) is 19.0 Å². The third-order valence-electron chi connectivity index (χ3n) is 7.95. The predicted octanol–water partition coefficient (Wildman–Crippen LogP) is 7.08. The molecule has 2 aromatic rings. The summed E-state index contributed by atoms with van der Waals surface area (Å²) in [4.78, 5) is 8.23. The van der Waals surface area contributed by atoms with Crippen LogP contribution in [0.3, 0.4) is 0 Å². The summed E-state index contributed by atoms with van der Waals surface area (Å²) in [5.41, 5.74) is 2.42. The Balaban J connectivity index is 1.14. The summed E-state index contributed by atoms with van der Waals surface area (Å²) in [5, 5.41) is 0. The molecule has 4 nitrogen and oxygen atoms in total. The third kappa shape index (κ3) is 8.10. The quantitative estimate of drug-likeness (QED) is 0.335. The SMILES string of the molecule is Cc1ccc(OC2CCN(C(=S)CCCN3CCN(c4ccc(C(C)(C)C)cc4)CC3)CC2)cc1C(F)(F)F. The summed E-state index contributed by atoms with van der Waals surface area (Å²) in [6.45, 7) is 15.0. The molecule has 8 heteroatoms. The number of nitrogens with zero attached hydrogens (tertiary/aromatic N) is 3. The fraction of sp³-hybridized carbons (Fsp3) is 0.581. The van der Waals surface area contributed by atoms with Crippen LogP contribution in [0.5, 0.6) is 5.75 Å². The van der Waals surface area contributed by atoms with Crippen molar-refractivity contribution in [2.75, 3.05) is 50.7 Å². The average molecular weight is 562 g/mol. The number of hydrogen-bond acceptors (Lipinski definition) is 4. The first-order valence-electron chi connectivity index (χ1n) is 14.1. The highest BCUT2D eigenvalue weighted by Crippen LogP contribution is 2.34. The van der Waals surface area contributed by atoms with Crippen molar-refractivity contribution in [3.63, 3.8) is 0 Å². The predicted molar refractivity (Wildman–Crippen MR) is 157 cm³/mol. The lowest BCUT2D eigenvalue weighted by molar-refractivity contribution is -0.138. The molecule has 0 aliphatic carbocycles. The Bertz CT molecular complexity index is 1100. The summed E-state index contributed by atoms with van der Waals surface area (Å²) in [6, 6.07) is 13.2. The zero-order valence-corrected chi connectivity index (χ0v) is 24.5. The van der Waals surface area contributed by atoms with Gasteiger partial charge in [-0.05, 0) is 67.1 Å². The van der Waals surface area contributed by atoms with Crippen LogP contribution in [0.15, 0.2) is 42.5 Å². The van der Waals surface area contributed by atoms with E-state index in [0.717, 1.165) is 82.6 Å². The molecule has 2 heterocycles. The maximum absolute atomic E-state index is 13.2. The Morgan fingerprint density at radius 3 is 2.15 bits per heavy atom. The summed E-state index contributed by atoms with van der Waals surface area (Å²) < 4.78 is 45.6. The minimum atomic E-state index is -4.37. The van der Waals surface area contributed by atoms with Gasteiger partial charge in [0.1, 0.15) is 11.9 Å². The Labute approximate surface area is 237 Å². The van der Waals surface area contributed by atoms with Crippen molar-refractivity contribution < 1.29 is 17.9 Å². The van der Waals surface area contributed by atoms with E-state index in [2.05, 4.69) is 59.7 Å². The number of rotatable bonds is 7. The number of aryl methyl sites for hydroxylation is 1. The number of thiocarbonyl (C=S) groups is 1. The molecule has 2 aromatic carbocycles. The van der Waals surface area contributed by atoms with E-state index in [4.69, 9.17) is 17.0 Å². The van der Waals surface area contributed by atoms with E-state index in [1.165, 1.54) is 24.2 Å². The number of ether oxygens (including phenoxy) is 1. The van der Waals surface area contributed by atoms with E-state index in [0.29, 0.717) is 0 Å². The molecule has 0 unspecified atom stereocenters. The molecule has 0 aromatic heterocycles. The van der Waals surface area contributed by atoms with E-state index in [9.17, 15) is 13.2 Å². The largest absolute Gasteiger partial charge is 0.490 e. The van der Waals surface area contributed by atoms with Crippen molar-refractivity contribution in [1.29, 1.82) is 0 Å². The number of anilines is 1. The Kier molecular flexibility index (Phi) is 9.48. The molecular weight excluding hydrogens is 519 g/mol. The fourth-order valence-corrected chi connectivity index (χ4v) is 5.74. The standard InChI is InChI=1S/C31H42F3N3OS/c1-23-7-12-27(22-28(23)31(32,33)34)38-26-13-16-37(17-14-26)29(39)6-5-15-35-18-20-36(21-19-35)25-10-8-24(9-11-25)30(2,3)4/h7-12,22,26H,5-6,13-21H2,1-4H3. The minimum absolute atomic E-state index is 0.0891. The van der Waals surface area contributed by atoms with Crippen LogP contribution in [0.2, 0.25) is 0 Å². The molecule has 0 N–H and O–H groups in total. The first-order valence-corrected chi connectivity index (χ1v) is 14.5. The monoisotopic (exact) mass is 561 g/mol. The van der Waals surface area contributed by atoms with Gasteiger partial charge in [0.15, 0.2) is 0 Å². The lowest BCUT2D eigenvalue weighted by Gasteiger charge is -2.37. The van der Waals surface area contributed by atoms with Crippen LogP contribution >= 0.6 is 12.2 Å². The van der Waals surface area contributed by atoms with Crippen molar-refractivity contribution in [1.82, 2.24) is 9.80 Å². The zero-order chi connectivity index (χ0) is 28.2. The van der Waals surface area contributed by atoms with Gasteiger partial charge in [0.25, 0.3) is 0 Å². The Morgan fingerprint density at radius 2 is 1.56 bits per heavy atom. The molecule has 0 saturated carbocycles. The summed E-state index contributed by atoms with van der Waals surface area (Å²) >= 11 is 5.73. The lowest BCUT2D eigenvalue weighted by atomic mass is 9.87. The van der Waals surface area contributed by atoms with Gasteiger partial charge in [0.05, 0.1) is 10.6 Å². The van der Waals surface area contributed by atoms with Gasteiger partial charge in [-0.25, -0.2) is 0 Å². The summed E-state index contributed by atoms with van der Waals surface area (Å²) in [7, 11) is 0. The first-order chi connectivity index (χ1) is 18.4. The highest BCUT2D eigenvalue weighted by Gasteiger charge is 2.33. The molecule has 2 aliphatic heterocycles. The van der Waals surface area contributed by atoms with Crippen LogP contribution in [0.25, 0.3) is 0 Å². The number of alkyl halides is 3. The number of halogens is 3. The second kappa shape index (κ2) is 12.5. The summed E-state index contributed by atoms with van der Waals surface area (Å²) in [5.74, 6) is 0.288. The minimum Gasteiger partial charge on any atom is -0.490 e. The zero-order valence-electron chi connectivity index (χ0n) is 23.7. The van der Waals surface area contributed by atoms with Crippen molar-refractivity contribution in [2.24, 2.45) is 0 Å². The highest BCUT2D eigenvalue weighted by atomic mass is 32.1. The van der Waals surface area contributed by atoms with E-state index in [-0.39, 0.29) is 22.8 Å². The molecule has 0 bridgehead atoms. The summed E-state index contributed by atoms with van der Waals surface area (Å²) in [6.07, 6.45) is -1.01. The van der Waals surface area contributed by atoms with Gasteiger partial charge < -0.3 is 14.5 Å². The van der Waals surface area contributed by atoms with Gasteiger partial charge in [-0.1, -0.05) is 51.2 Å². The van der Waals surface area contributed by atoms with Crippen LogP contribution in [0.1, 0.15) is 63.1 Å². The van der Waals surface area contributed by atoms with Gasteiger partial charge in [-0.2, -0.15) is 13.2 Å². The normalized spacial score (nSPS) is 17.9. The number of likely N-dealkylation sites (tertiary alicyclic amines) is 1. The Hall–Kier alpha value is -2.32. The maximum Gasteiger partial charge on any atom is 0.416 e. The molecule has 0 amide bonds. The van der Waals surface area contributed by atoms with Gasteiger partial charge in [-0.3, -0.25) is 4.90 Å². The van der Waals surface area contributed by atoms with Crippen molar-refractivity contribution in [3.8, 4) is 5.75 Å². The van der Waals surface area contributed by atoms with Crippen LogP contribution in [-0.2, 0) is 11.6 Å². The second-order valence-corrected chi connectivity index (χ2v) is 12.4. The smallest absolute Gasteiger partial charge is 0.416 e. The third-order valence-corrected chi connectivity index (χ3v) is 8.41. The number of piperazine rings is 1.